The number of carbonyl (C=O) groups excluding carboxylic acids is 1. The van der Waals surface area contributed by atoms with E-state index in [0.717, 1.165) is 19.3 Å². The molecule has 0 radical (unpaired) electrons. The van der Waals surface area contributed by atoms with Gasteiger partial charge in [0.15, 0.2) is 0 Å². The number of nitrogens with zero attached hydrogens (tertiary/aromatic N) is 1. The van der Waals surface area contributed by atoms with Crippen LogP contribution in [0.4, 0.5) is 0 Å². The largest absolute Gasteiger partial charge is 0.507 e. The van der Waals surface area contributed by atoms with Crippen molar-refractivity contribution in [2.24, 2.45) is 5.10 Å². The summed E-state index contributed by atoms with van der Waals surface area (Å²) in [6, 6.07) is 6.37. The maximum absolute atomic E-state index is 11.5. The Labute approximate surface area is 95.0 Å². The highest BCUT2D eigenvalue weighted by molar-refractivity contribution is 5.96. The summed E-state index contributed by atoms with van der Waals surface area (Å²) in [6.45, 7) is 2.09. The third kappa shape index (κ3) is 3.73. The fraction of sp³-hybridized carbons (Fsp3) is 0.333. The van der Waals surface area contributed by atoms with Gasteiger partial charge in [0.25, 0.3) is 5.91 Å². The van der Waals surface area contributed by atoms with E-state index >= 15 is 0 Å². The monoisotopic (exact) mass is 220 g/mol. The number of phenols is 1. The van der Waals surface area contributed by atoms with E-state index < -0.39 is 5.91 Å². The molecule has 0 heterocycles. The van der Waals surface area contributed by atoms with E-state index in [1.807, 2.05) is 0 Å². The number of aromatic hydroxyl groups is 1. The Hall–Kier alpha value is -1.84. The molecule has 0 saturated heterocycles. The molecule has 16 heavy (non-hydrogen) atoms. The number of hydrogen-bond donors (Lipinski definition) is 2. The molecule has 86 valence electrons. The molecular formula is C12H16N2O2. The Morgan fingerprint density at radius 1 is 1.50 bits per heavy atom. The van der Waals surface area contributed by atoms with E-state index in [9.17, 15) is 9.90 Å². The molecule has 1 aromatic rings. The lowest BCUT2D eigenvalue weighted by Gasteiger charge is -2.01. The van der Waals surface area contributed by atoms with Gasteiger partial charge in [-0.15, -0.1) is 0 Å². The number of hydrogen-bond acceptors (Lipinski definition) is 3. The van der Waals surface area contributed by atoms with Crippen molar-refractivity contribution in [2.45, 2.75) is 26.2 Å². The number of amides is 1. The Balaban J connectivity index is 2.47. The van der Waals surface area contributed by atoms with Crippen LogP contribution in [0, 0.1) is 0 Å². The summed E-state index contributed by atoms with van der Waals surface area (Å²) in [5.74, 6) is -0.436. The van der Waals surface area contributed by atoms with E-state index in [4.69, 9.17) is 0 Å². The van der Waals surface area contributed by atoms with Crippen LogP contribution in [0.2, 0.25) is 0 Å². The molecule has 2 N–H and O–H groups in total. The van der Waals surface area contributed by atoms with Gasteiger partial charge in [0.1, 0.15) is 5.75 Å². The van der Waals surface area contributed by atoms with Crippen LogP contribution in [0.25, 0.3) is 0 Å². The summed E-state index contributed by atoms with van der Waals surface area (Å²) in [6.07, 6.45) is 4.66. The predicted molar refractivity (Wildman–Crippen MR) is 63.6 cm³/mol. The molecule has 1 aromatic carbocycles. The van der Waals surface area contributed by atoms with Crippen molar-refractivity contribution in [1.29, 1.82) is 0 Å². The molecule has 0 saturated carbocycles. The minimum absolute atomic E-state index is 0.0382. The molecule has 1 rings (SSSR count). The van der Waals surface area contributed by atoms with Gasteiger partial charge in [-0.05, 0) is 25.0 Å². The van der Waals surface area contributed by atoms with Crippen molar-refractivity contribution in [3.8, 4) is 5.75 Å². The highest BCUT2D eigenvalue weighted by atomic mass is 16.3. The van der Waals surface area contributed by atoms with Gasteiger partial charge in [-0.2, -0.15) is 5.10 Å². The van der Waals surface area contributed by atoms with Crippen LogP contribution in [0.1, 0.15) is 36.5 Å². The second-order valence-corrected chi connectivity index (χ2v) is 3.41. The van der Waals surface area contributed by atoms with E-state index in [1.165, 1.54) is 6.07 Å². The molecule has 0 aliphatic carbocycles. The van der Waals surface area contributed by atoms with Gasteiger partial charge in [-0.25, -0.2) is 5.43 Å². The molecule has 0 bridgehead atoms. The normalized spacial score (nSPS) is 10.6. The number of hydrazone groups is 1. The first-order valence-electron chi connectivity index (χ1n) is 5.35. The first kappa shape index (κ1) is 12.2. The Bertz CT molecular complexity index is 375. The van der Waals surface area contributed by atoms with Gasteiger partial charge >= 0.3 is 0 Å². The van der Waals surface area contributed by atoms with Crippen molar-refractivity contribution in [3.63, 3.8) is 0 Å². The third-order valence-electron chi connectivity index (χ3n) is 2.09. The van der Waals surface area contributed by atoms with Gasteiger partial charge < -0.3 is 5.11 Å². The van der Waals surface area contributed by atoms with Crippen LogP contribution < -0.4 is 5.43 Å². The molecule has 0 aliphatic heterocycles. The number of carbonyl (C=O) groups is 1. The van der Waals surface area contributed by atoms with E-state index in [2.05, 4.69) is 17.5 Å². The Kier molecular flexibility index (Phi) is 5.05. The zero-order valence-electron chi connectivity index (χ0n) is 9.31. The first-order chi connectivity index (χ1) is 7.75. The zero-order chi connectivity index (χ0) is 11.8. The molecule has 0 aromatic heterocycles. The number of unbranched alkanes of at least 4 members (excludes halogenated alkanes) is 2. The number of phenolic OH excluding ortho intramolecular Hbond substituents is 1. The van der Waals surface area contributed by atoms with E-state index in [1.54, 1.807) is 24.4 Å². The number of rotatable bonds is 5. The topological polar surface area (TPSA) is 61.7 Å². The van der Waals surface area contributed by atoms with Crippen molar-refractivity contribution >= 4 is 12.1 Å². The maximum Gasteiger partial charge on any atom is 0.275 e. The third-order valence-corrected chi connectivity index (χ3v) is 2.09. The smallest absolute Gasteiger partial charge is 0.275 e. The quantitative estimate of drug-likeness (QED) is 0.454. The molecule has 0 aliphatic rings. The summed E-state index contributed by atoms with van der Waals surface area (Å²) < 4.78 is 0. The van der Waals surface area contributed by atoms with E-state index in [0.29, 0.717) is 0 Å². The Morgan fingerprint density at radius 3 is 2.94 bits per heavy atom. The second kappa shape index (κ2) is 6.61. The van der Waals surface area contributed by atoms with Gasteiger partial charge in [0, 0.05) is 6.21 Å². The minimum Gasteiger partial charge on any atom is -0.507 e. The Morgan fingerprint density at radius 2 is 2.25 bits per heavy atom. The average molecular weight is 220 g/mol. The summed E-state index contributed by atoms with van der Waals surface area (Å²) in [4.78, 5) is 11.5. The minimum atomic E-state index is -0.397. The SMILES string of the molecule is CCCC/C=N\NC(=O)c1ccccc1O. The van der Waals surface area contributed by atoms with Crippen molar-refractivity contribution in [1.82, 2.24) is 5.43 Å². The van der Waals surface area contributed by atoms with Crippen LogP contribution in [-0.4, -0.2) is 17.2 Å². The molecular weight excluding hydrogens is 204 g/mol. The molecule has 0 spiro atoms. The first-order valence-corrected chi connectivity index (χ1v) is 5.35. The van der Waals surface area contributed by atoms with Gasteiger partial charge in [-0.1, -0.05) is 25.5 Å². The van der Waals surface area contributed by atoms with Gasteiger partial charge in [0.05, 0.1) is 5.56 Å². The summed E-state index contributed by atoms with van der Waals surface area (Å²) >= 11 is 0. The van der Waals surface area contributed by atoms with Gasteiger partial charge in [0.2, 0.25) is 0 Å². The van der Waals surface area contributed by atoms with Crippen molar-refractivity contribution in [2.75, 3.05) is 0 Å². The van der Waals surface area contributed by atoms with Crippen LogP contribution in [-0.2, 0) is 0 Å². The molecule has 0 atom stereocenters. The second-order valence-electron chi connectivity index (χ2n) is 3.41. The number of para-hydroxylation sites is 1. The lowest BCUT2D eigenvalue weighted by atomic mass is 10.2. The highest BCUT2D eigenvalue weighted by Gasteiger charge is 2.08. The van der Waals surface area contributed by atoms with Crippen molar-refractivity contribution < 1.29 is 9.90 Å². The van der Waals surface area contributed by atoms with E-state index in [-0.39, 0.29) is 11.3 Å². The maximum atomic E-state index is 11.5. The summed E-state index contributed by atoms with van der Waals surface area (Å²) in [5.41, 5.74) is 2.60. The molecule has 4 nitrogen and oxygen atoms in total. The molecule has 4 heteroatoms. The van der Waals surface area contributed by atoms with Crippen LogP contribution >= 0.6 is 0 Å². The predicted octanol–water partition coefficient (Wildman–Crippen LogP) is 2.30. The number of benzene rings is 1. The zero-order valence-corrected chi connectivity index (χ0v) is 9.31. The lowest BCUT2D eigenvalue weighted by Crippen LogP contribution is -2.17. The standard InChI is InChI=1S/C12H16N2O2/c1-2-3-6-9-13-14-12(16)10-7-4-5-8-11(10)15/h4-5,7-9,15H,2-3,6H2,1H3,(H,14,16)/b13-9-. The van der Waals surface area contributed by atoms with Crippen LogP contribution in [0.15, 0.2) is 29.4 Å². The molecule has 0 unspecified atom stereocenters. The van der Waals surface area contributed by atoms with Crippen LogP contribution in [0.5, 0.6) is 5.75 Å². The molecule has 1 amide bonds. The molecule has 0 fully saturated rings. The average Bonchev–Trinajstić information content (AvgIpc) is 2.29. The fourth-order valence-corrected chi connectivity index (χ4v) is 1.19. The lowest BCUT2D eigenvalue weighted by molar-refractivity contribution is 0.0952. The van der Waals surface area contributed by atoms with Crippen LogP contribution in [0.3, 0.4) is 0 Å². The van der Waals surface area contributed by atoms with Gasteiger partial charge in [-0.3, -0.25) is 4.79 Å². The highest BCUT2D eigenvalue weighted by Crippen LogP contribution is 2.14. The van der Waals surface area contributed by atoms with Crippen molar-refractivity contribution in [3.05, 3.63) is 29.8 Å². The number of nitrogens with one attached hydrogen (secondary N) is 1. The summed E-state index contributed by atoms with van der Waals surface area (Å²) in [5, 5.41) is 13.2. The fourth-order valence-electron chi connectivity index (χ4n) is 1.19. The summed E-state index contributed by atoms with van der Waals surface area (Å²) in [7, 11) is 0.